The van der Waals surface area contributed by atoms with Crippen molar-refractivity contribution in [3.8, 4) is 6.07 Å². The maximum absolute atomic E-state index is 14.7. The van der Waals surface area contributed by atoms with Gasteiger partial charge in [0.15, 0.2) is 16.8 Å². The number of aromatic nitrogens is 1. The van der Waals surface area contributed by atoms with E-state index >= 15 is 0 Å². The molecule has 0 fully saturated rings. The Kier molecular flexibility index (Phi) is 4.78. The van der Waals surface area contributed by atoms with Gasteiger partial charge >= 0.3 is 0 Å². The van der Waals surface area contributed by atoms with Gasteiger partial charge in [-0.1, -0.05) is 17.8 Å². The van der Waals surface area contributed by atoms with Crippen LogP contribution in [0.3, 0.4) is 0 Å². The van der Waals surface area contributed by atoms with E-state index in [1.807, 2.05) is 6.07 Å². The lowest BCUT2D eigenvalue weighted by Crippen LogP contribution is -2.35. The molecule has 1 aliphatic carbocycles. The highest BCUT2D eigenvalue weighted by molar-refractivity contribution is 8.14. The van der Waals surface area contributed by atoms with Crippen LogP contribution in [0.4, 0.5) is 18.9 Å². The smallest absolute Gasteiger partial charge is 0.274 e. The highest BCUT2D eigenvalue weighted by atomic mass is 32.2. The van der Waals surface area contributed by atoms with Gasteiger partial charge in [0.05, 0.1) is 10.8 Å². The number of aliphatic imine (C=N–C) groups is 1. The number of hydrogen-bond acceptors (Lipinski definition) is 6. The molecule has 1 aromatic heterocycles. The number of rotatable bonds is 4. The number of alkyl halides is 1. The van der Waals surface area contributed by atoms with E-state index in [1.54, 1.807) is 13.0 Å². The SMILES string of the molecule is Cc1cc(C#N)cnc1C(=O)Nc1cc(F)c(F)c([C@@]2(CF)N=C(N)S[C@H]3C=C32)c1. The summed E-state index contributed by atoms with van der Waals surface area (Å²) in [5, 5.41) is 11.2. The van der Waals surface area contributed by atoms with E-state index in [4.69, 9.17) is 11.0 Å². The molecular weight excluding hydrogens is 415 g/mol. The van der Waals surface area contributed by atoms with Crippen molar-refractivity contribution >= 4 is 28.5 Å². The lowest BCUT2D eigenvalue weighted by molar-refractivity contribution is 0.102. The Hall–Kier alpha value is -3.32. The molecule has 30 heavy (non-hydrogen) atoms. The number of fused-ring (bicyclic) bond motifs is 1. The average Bonchev–Trinajstić information content (AvgIpc) is 3.49. The van der Waals surface area contributed by atoms with Crippen molar-refractivity contribution in [3.05, 3.63) is 70.1 Å². The molecule has 3 N–H and O–H groups in total. The Labute approximate surface area is 173 Å². The number of anilines is 1. The van der Waals surface area contributed by atoms with Crippen molar-refractivity contribution in [2.45, 2.75) is 17.7 Å². The number of nitrogens with two attached hydrogens (primary N) is 1. The number of halogens is 3. The monoisotopic (exact) mass is 429 g/mol. The van der Waals surface area contributed by atoms with Gasteiger partial charge < -0.3 is 11.1 Å². The maximum atomic E-state index is 14.7. The lowest BCUT2D eigenvalue weighted by atomic mass is 9.87. The molecule has 0 bridgehead atoms. The molecule has 6 nitrogen and oxygen atoms in total. The number of nitrogens with one attached hydrogen (secondary N) is 1. The maximum Gasteiger partial charge on any atom is 0.274 e. The van der Waals surface area contributed by atoms with Gasteiger partial charge in [0.2, 0.25) is 0 Å². The van der Waals surface area contributed by atoms with Crippen molar-refractivity contribution in [2.75, 3.05) is 12.0 Å². The standard InChI is InChI=1S/C20H14F3N5OS/c1-9-2-10(6-24)7-26-17(9)18(29)27-11-3-13(16(23)14(22)4-11)20(8-21)12-5-15(12)30-19(25)28-20/h2-5,7,15H,8H2,1H3,(H2,25,28)(H,27,29)/t15-,20-/m0/s1. The summed E-state index contributed by atoms with van der Waals surface area (Å²) in [5.74, 6) is -3.20. The number of amidine groups is 1. The van der Waals surface area contributed by atoms with Crippen molar-refractivity contribution < 1.29 is 18.0 Å². The highest BCUT2D eigenvalue weighted by Crippen LogP contribution is 2.53. The zero-order chi connectivity index (χ0) is 21.6. The Morgan fingerprint density at radius 2 is 2.17 bits per heavy atom. The van der Waals surface area contributed by atoms with Crippen LogP contribution in [0.1, 0.15) is 27.2 Å². The Balaban J connectivity index is 1.73. The largest absolute Gasteiger partial charge is 0.378 e. The Morgan fingerprint density at radius 3 is 2.83 bits per heavy atom. The fraction of sp³-hybridized carbons (Fsp3) is 0.200. The zero-order valence-electron chi connectivity index (χ0n) is 15.5. The molecule has 152 valence electrons. The fourth-order valence-electron chi connectivity index (χ4n) is 3.42. The number of carbonyl (C=O) groups is 1. The normalized spacial score (nSPS) is 21.8. The first-order valence-corrected chi connectivity index (χ1v) is 9.65. The van der Waals surface area contributed by atoms with Gasteiger partial charge in [0.25, 0.3) is 5.91 Å². The number of carbonyl (C=O) groups excluding carboxylic acids is 1. The van der Waals surface area contributed by atoms with Crippen LogP contribution < -0.4 is 11.1 Å². The second kappa shape index (κ2) is 7.18. The van der Waals surface area contributed by atoms with Crippen molar-refractivity contribution in [1.29, 1.82) is 5.26 Å². The van der Waals surface area contributed by atoms with Crippen LogP contribution >= 0.6 is 11.8 Å². The number of pyridine rings is 1. The summed E-state index contributed by atoms with van der Waals surface area (Å²) in [6.07, 6.45) is 2.92. The number of thioether (sulfide) groups is 1. The minimum absolute atomic E-state index is 0.0155. The van der Waals surface area contributed by atoms with E-state index in [9.17, 15) is 18.0 Å². The molecule has 0 unspecified atom stereocenters. The molecule has 2 heterocycles. The quantitative estimate of drug-likeness (QED) is 0.726. The summed E-state index contributed by atoms with van der Waals surface area (Å²) in [4.78, 5) is 20.6. The predicted molar refractivity (Wildman–Crippen MR) is 107 cm³/mol. The minimum atomic E-state index is -1.76. The van der Waals surface area contributed by atoms with Gasteiger partial charge in [0, 0.05) is 23.5 Å². The third kappa shape index (κ3) is 3.21. The summed E-state index contributed by atoms with van der Waals surface area (Å²) in [6.45, 7) is 0.481. The molecule has 0 saturated carbocycles. The molecule has 0 saturated heterocycles. The fourth-order valence-corrected chi connectivity index (χ4v) is 4.42. The van der Waals surface area contributed by atoms with E-state index in [1.165, 1.54) is 24.0 Å². The topological polar surface area (TPSA) is 104 Å². The van der Waals surface area contributed by atoms with Gasteiger partial charge in [-0.3, -0.25) is 4.79 Å². The summed E-state index contributed by atoms with van der Waals surface area (Å²) in [7, 11) is 0. The van der Waals surface area contributed by atoms with Gasteiger partial charge in [-0.25, -0.2) is 23.1 Å². The van der Waals surface area contributed by atoms with Crippen LogP contribution in [0.5, 0.6) is 0 Å². The summed E-state index contributed by atoms with van der Waals surface area (Å²) >= 11 is 1.21. The van der Waals surface area contributed by atoms with E-state index in [0.717, 1.165) is 12.1 Å². The van der Waals surface area contributed by atoms with Crippen LogP contribution in [0, 0.1) is 29.9 Å². The molecule has 2 aliphatic rings. The summed E-state index contributed by atoms with van der Waals surface area (Å²) in [5.41, 5.74) is 4.81. The second-order valence-corrected chi connectivity index (χ2v) is 8.04. The summed E-state index contributed by atoms with van der Waals surface area (Å²) in [6, 6.07) is 5.34. The number of benzene rings is 1. The summed E-state index contributed by atoms with van der Waals surface area (Å²) < 4.78 is 43.2. The molecule has 1 aromatic carbocycles. The highest BCUT2D eigenvalue weighted by Gasteiger charge is 2.51. The number of hydrogen-bond donors (Lipinski definition) is 2. The first kappa shape index (κ1) is 20.0. The molecule has 1 amide bonds. The number of nitrogens with zero attached hydrogens (tertiary/aromatic N) is 3. The molecular formula is C20H14F3N5OS. The van der Waals surface area contributed by atoms with E-state index in [2.05, 4.69) is 15.3 Å². The second-order valence-electron chi connectivity index (χ2n) is 6.88. The van der Waals surface area contributed by atoms with E-state index in [-0.39, 0.29) is 32.9 Å². The van der Waals surface area contributed by atoms with Crippen molar-refractivity contribution in [2.24, 2.45) is 10.7 Å². The molecule has 0 spiro atoms. The number of aryl methyl sites for hydroxylation is 1. The minimum Gasteiger partial charge on any atom is -0.378 e. The zero-order valence-corrected chi connectivity index (χ0v) is 16.4. The van der Waals surface area contributed by atoms with Gasteiger partial charge in [-0.15, -0.1) is 0 Å². The average molecular weight is 429 g/mol. The third-order valence-electron chi connectivity index (χ3n) is 4.90. The molecule has 4 rings (SSSR count). The molecule has 1 aliphatic heterocycles. The molecule has 10 heteroatoms. The van der Waals surface area contributed by atoms with Crippen LogP contribution in [-0.4, -0.2) is 28.0 Å². The number of amides is 1. The van der Waals surface area contributed by atoms with Crippen LogP contribution in [0.15, 0.2) is 41.0 Å². The molecule has 2 aromatic rings. The van der Waals surface area contributed by atoms with Crippen LogP contribution in [-0.2, 0) is 5.54 Å². The van der Waals surface area contributed by atoms with Crippen molar-refractivity contribution in [3.63, 3.8) is 0 Å². The Bertz CT molecular complexity index is 1190. The van der Waals surface area contributed by atoms with Gasteiger partial charge in [-0.05, 0) is 30.2 Å². The van der Waals surface area contributed by atoms with E-state index < -0.39 is 29.8 Å². The van der Waals surface area contributed by atoms with Crippen molar-refractivity contribution in [1.82, 2.24) is 4.98 Å². The van der Waals surface area contributed by atoms with Gasteiger partial charge in [0.1, 0.15) is 24.0 Å². The van der Waals surface area contributed by atoms with E-state index in [0.29, 0.717) is 11.1 Å². The van der Waals surface area contributed by atoms with Crippen LogP contribution in [0.25, 0.3) is 0 Å². The third-order valence-corrected chi connectivity index (χ3v) is 5.88. The first-order chi connectivity index (χ1) is 14.3. The predicted octanol–water partition coefficient (Wildman–Crippen LogP) is 3.33. The lowest BCUT2D eigenvalue weighted by Gasteiger charge is -2.30. The molecule has 0 radical (unpaired) electrons. The van der Waals surface area contributed by atoms with Crippen LogP contribution in [0.2, 0.25) is 0 Å². The number of nitriles is 1. The first-order valence-electron chi connectivity index (χ1n) is 8.77. The van der Waals surface area contributed by atoms with Gasteiger partial charge in [-0.2, -0.15) is 5.26 Å². The molecule has 2 atom stereocenters. The Morgan fingerprint density at radius 1 is 1.40 bits per heavy atom.